The normalized spacial score (nSPS) is 19.0. The fourth-order valence-corrected chi connectivity index (χ4v) is 4.38. The number of rotatable bonds is 3. The van der Waals surface area contributed by atoms with E-state index in [1.807, 2.05) is 12.4 Å². The van der Waals surface area contributed by atoms with E-state index in [4.69, 9.17) is 4.98 Å². The highest BCUT2D eigenvalue weighted by Crippen LogP contribution is 2.30. The van der Waals surface area contributed by atoms with Crippen molar-refractivity contribution >= 4 is 5.82 Å². The average Bonchev–Trinajstić information content (AvgIpc) is 3.15. The molecule has 0 radical (unpaired) electrons. The van der Waals surface area contributed by atoms with Crippen molar-refractivity contribution in [2.24, 2.45) is 0 Å². The maximum absolute atomic E-state index is 9.74. The molecule has 1 atom stereocenters. The van der Waals surface area contributed by atoms with E-state index in [9.17, 15) is 10.5 Å². The van der Waals surface area contributed by atoms with Crippen LogP contribution < -0.4 is 5.32 Å². The summed E-state index contributed by atoms with van der Waals surface area (Å²) in [7, 11) is 0. The van der Waals surface area contributed by atoms with E-state index >= 15 is 0 Å². The first-order valence-electron chi connectivity index (χ1n) is 9.92. The van der Waals surface area contributed by atoms with Gasteiger partial charge in [0.25, 0.3) is 0 Å². The molecule has 2 aromatic heterocycles. The smallest absolute Gasteiger partial charge is 0.145 e. The second kappa shape index (κ2) is 7.80. The van der Waals surface area contributed by atoms with Gasteiger partial charge in [-0.05, 0) is 44.1 Å². The van der Waals surface area contributed by atoms with Crippen molar-refractivity contribution in [2.45, 2.75) is 63.8 Å². The van der Waals surface area contributed by atoms with Crippen molar-refractivity contribution in [1.82, 2.24) is 14.5 Å². The van der Waals surface area contributed by atoms with Gasteiger partial charge in [0.1, 0.15) is 29.3 Å². The lowest BCUT2D eigenvalue weighted by Crippen LogP contribution is -2.23. The van der Waals surface area contributed by atoms with Crippen LogP contribution in [0.4, 0.5) is 5.82 Å². The van der Waals surface area contributed by atoms with Crippen LogP contribution in [0.1, 0.15) is 72.7 Å². The van der Waals surface area contributed by atoms with Crippen LogP contribution in [0.5, 0.6) is 0 Å². The molecule has 6 nitrogen and oxygen atoms in total. The molecule has 2 aliphatic rings. The first-order valence-corrected chi connectivity index (χ1v) is 9.92. The van der Waals surface area contributed by atoms with Crippen LogP contribution in [-0.4, -0.2) is 21.1 Å². The third-order valence-corrected chi connectivity index (χ3v) is 5.78. The molecule has 4 rings (SSSR count). The van der Waals surface area contributed by atoms with Gasteiger partial charge in [0.2, 0.25) is 0 Å². The van der Waals surface area contributed by atoms with E-state index < -0.39 is 0 Å². The summed E-state index contributed by atoms with van der Waals surface area (Å²) < 4.78 is 2.20. The van der Waals surface area contributed by atoms with Crippen LogP contribution in [0.3, 0.4) is 0 Å². The fourth-order valence-electron chi connectivity index (χ4n) is 4.38. The second-order valence-electron chi connectivity index (χ2n) is 7.47. The Hall–Kier alpha value is -2.86. The molecule has 27 heavy (non-hydrogen) atoms. The number of nitrogens with zero attached hydrogens (tertiary/aromatic N) is 5. The second-order valence-corrected chi connectivity index (χ2v) is 7.47. The van der Waals surface area contributed by atoms with E-state index in [0.717, 1.165) is 62.2 Å². The summed E-state index contributed by atoms with van der Waals surface area (Å²) >= 11 is 0. The van der Waals surface area contributed by atoms with Crippen LogP contribution in [0.2, 0.25) is 0 Å². The molecule has 138 valence electrons. The number of nitrogens with one attached hydrogen (secondary N) is 1. The predicted octanol–water partition coefficient (Wildman–Crippen LogP) is 3.67. The average molecular weight is 360 g/mol. The van der Waals surface area contributed by atoms with Gasteiger partial charge in [0, 0.05) is 37.1 Å². The summed E-state index contributed by atoms with van der Waals surface area (Å²) in [5.74, 6) is 1.96. The number of hydrogen-bond donors (Lipinski definition) is 1. The zero-order valence-electron chi connectivity index (χ0n) is 15.5. The molecule has 1 aliphatic carbocycles. The highest BCUT2D eigenvalue weighted by atomic mass is 15.1. The highest BCUT2D eigenvalue weighted by Gasteiger charge is 2.24. The number of nitriles is 2. The zero-order valence-corrected chi connectivity index (χ0v) is 15.5. The van der Waals surface area contributed by atoms with Crippen molar-refractivity contribution in [3.05, 3.63) is 40.6 Å². The van der Waals surface area contributed by atoms with Crippen LogP contribution >= 0.6 is 0 Å². The van der Waals surface area contributed by atoms with Crippen LogP contribution in [-0.2, 0) is 19.4 Å². The number of pyridine rings is 1. The summed E-state index contributed by atoms with van der Waals surface area (Å²) in [5.41, 5.74) is 2.92. The predicted molar refractivity (Wildman–Crippen MR) is 102 cm³/mol. The fraction of sp³-hybridized carbons (Fsp3) is 0.524. The van der Waals surface area contributed by atoms with Gasteiger partial charge in [-0.25, -0.2) is 9.97 Å². The largest absolute Gasteiger partial charge is 0.368 e. The number of hydrogen-bond acceptors (Lipinski definition) is 5. The maximum Gasteiger partial charge on any atom is 0.145 e. The Morgan fingerprint density at radius 1 is 1.07 bits per heavy atom. The van der Waals surface area contributed by atoms with E-state index in [1.165, 1.54) is 12.8 Å². The Labute approximate surface area is 159 Å². The van der Waals surface area contributed by atoms with Gasteiger partial charge in [-0.1, -0.05) is 12.8 Å². The van der Waals surface area contributed by atoms with E-state index in [2.05, 4.69) is 27.0 Å². The molecule has 0 fully saturated rings. The third kappa shape index (κ3) is 3.40. The van der Waals surface area contributed by atoms with Gasteiger partial charge in [-0.3, -0.25) is 0 Å². The Balaban J connectivity index is 1.64. The molecule has 6 heteroatoms. The zero-order chi connectivity index (χ0) is 18.6. The van der Waals surface area contributed by atoms with Gasteiger partial charge in [-0.15, -0.1) is 0 Å². The Bertz CT molecular complexity index is 914. The highest BCUT2D eigenvalue weighted by molar-refractivity contribution is 5.64. The number of imidazole rings is 1. The molecule has 1 unspecified atom stereocenters. The maximum atomic E-state index is 9.74. The molecule has 1 aliphatic heterocycles. The topological polar surface area (TPSA) is 90.3 Å². The quantitative estimate of drug-likeness (QED) is 0.902. The Morgan fingerprint density at radius 2 is 1.89 bits per heavy atom. The number of anilines is 1. The van der Waals surface area contributed by atoms with Crippen molar-refractivity contribution in [3.63, 3.8) is 0 Å². The molecule has 0 aromatic carbocycles. The standard InChI is InChI=1S/C21H24N6/c22-12-17-16-7-3-1-2-4-8-19(16)26-20(18(17)13-23)25-14-15-6-5-10-27-11-9-24-21(15)27/h9,11,15H,1-8,10,14H2,(H,25,26). The minimum absolute atomic E-state index is 0.301. The first-order chi connectivity index (χ1) is 13.3. The van der Waals surface area contributed by atoms with Crippen LogP contribution in [0, 0.1) is 22.7 Å². The van der Waals surface area contributed by atoms with Gasteiger partial charge >= 0.3 is 0 Å². The molecule has 0 saturated carbocycles. The first kappa shape index (κ1) is 17.5. The monoisotopic (exact) mass is 360 g/mol. The summed E-state index contributed by atoms with van der Waals surface area (Å²) in [5, 5.41) is 22.9. The number of aryl methyl sites for hydroxylation is 2. The molecule has 3 heterocycles. The summed E-state index contributed by atoms with van der Waals surface area (Å²) in [6, 6.07) is 4.53. The summed E-state index contributed by atoms with van der Waals surface area (Å²) in [6.07, 6.45) is 12.4. The Kier molecular flexibility index (Phi) is 5.07. The number of fused-ring (bicyclic) bond motifs is 2. The lowest BCUT2D eigenvalue weighted by molar-refractivity contribution is 0.453. The van der Waals surface area contributed by atoms with Gasteiger partial charge in [0.05, 0.1) is 5.56 Å². The Morgan fingerprint density at radius 3 is 2.70 bits per heavy atom. The molecule has 0 spiro atoms. The van der Waals surface area contributed by atoms with Gasteiger partial charge in [-0.2, -0.15) is 10.5 Å². The SMILES string of the molecule is N#Cc1c(NCC2CCCn3ccnc32)nc2c(c1C#N)CCCCCC2. The minimum atomic E-state index is 0.301. The van der Waals surface area contributed by atoms with E-state index in [1.54, 1.807) is 0 Å². The minimum Gasteiger partial charge on any atom is -0.368 e. The molecule has 0 amide bonds. The molecular weight excluding hydrogens is 336 g/mol. The van der Waals surface area contributed by atoms with Crippen molar-refractivity contribution < 1.29 is 0 Å². The summed E-state index contributed by atoms with van der Waals surface area (Å²) in [6.45, 7) is 1.70. The van der Waals surface area contributed by atoms with Crippen molar-refractivity contribution in [3.8, 4) is 12.1 Å². The molecule has 0 bridgehead atoms. The summed E-state index contributed by atoms with van der Waals surface area (Å²) in [4.78, 5) is 9.32. The molecule has 2 aromatic rings. The van der Waals surface area contributed by atoms with Crippen LogP contribution in [0.15, 0.2) is 12.4 Å². The van der Waals surface area contributed by atoms with Crippen molar-refractivity contribution in [2.75, 3.05) is 11.9 Å². The van der Waals surface area contributed by atoms with E-state index in [-0.39, 0.29) is 0 Å². The number of aromatic nitrogens is 3. The third-order valence-electron chi connectivity index (χ3n) is 5.78. The van der Waals surface area contributed by atoms with Gasteiger partial charge < -0.3 is 9.88 Å². The molecular formula is C21H24N6. The lowest BCUT2D eigenvalue weighted by Gasteiger charge is -2.24. The lowest BCUT2D eigenvalue weighted by atomic mass is 9.91. The van der Waals surface area contributed by atoms with Crippen molar-refractivity contribution in [1.29, 1.82) is 10.5 Å². The van der Waals surface area contributed by atoms with Gasteiger partial charge in [0.15, 0.2) is 0 Å². The van der Waals surface area contributed by atoms with Crippen LogP contribution in [0.25, 0.3) is 0 Å². The molecule has 1 N–H and O–H groups in total. The van der Waals surface area contributed by atoms with E-state index in [0.29, 0.717) is 29.4 Å². The molecule has 0 saturated heterocycles.